The topological polar surface area (TPSA) is 57.9 Å². The molecule has 3 heterocycles. The minimum absolute atomic E-state index is 0.00911. The van der Waals surface area contributed by atoms with Crippen molar-refractivity contribution in [2.75, 3.05) is 24.6 Å². The number of nitrogens with zero attached hydrogens (tertiary/aromatic N) is 3. The van der Waals surface area contributed by atoms with Crippen molar-refractivity contribution in [3.05, 3.63) is 106 Å². The molecule has 0 N–H and O–H groups in total. The number of aromatic nitrogens is 2. The zero-order chi connectivity index (χ0) is 30.5. The minimum Gasteiger partial charge on any atom is -0.483 e. The standard InChI is InChI=1S/C32H31F4N3O4/c1-20-8-6-11-25(33)28(20)37-15-14-22(17-37)39-26-12-7-13-27(41-18-23-19-42-31(2,3)43-23)29(26)38(30(39)40)16-21-9-4-5-10-24(21)32(34,35)36/h4-13,19,22H,14-18H2,1-3H3/t22-/m1/s1. The first-order valence-electron chi connectivity index (χ1n) is 14.0. The first-order valence-corrected chi connectivity index (χ1v) is 14.0. The molecule has 1 aromatic heterocycles. The second-order valence-electron chi connectivity index (χ2n) is 11.3. The lowest BCUT2D eigenvalue weighted by Gasteiger charge is -2.22. The highest BCUT2D eigenvalue weighted by atomic mass is 19.4. The van der Waals surface area contributed by atoms with E-state index in [9.17, 15) is 22.4 Å². The number of para-hydroxylation sites is 2. The molecule has 4 aromatic rings. The van der Waals surface area contributed by atoms with Gasteiger partial charge in [0.15, 0.2) is 5.76 Å². The number of anilines is 1. The van der Waals surface area contributed by atoms with Crippen LogP contribution in [0.5, 0.6) is 5.75 Å². The van der Waals surface area contributed by atoms with Crippen LogP contribution in [0, 0.1) is 12.7 Å². The Balaban J connectivity index is 1.43. The lowest BCUT2D eigenvalue weighted by atomic mass is 10.1. The highest BCUT2D eigenvalue weighted by molar-refractivity contribution is 5.83. The van der Waals surface area contributed by atoms with Gasteiger partial charge in [-0.1, -0.05) is 36.4 Å². The van der Waals surface area contributed by atoms with E-state index < -0.39 is 23.2 Å². The first kappa shape index (κ1) is 28.7. The smallest absolute Gasteiger partial charge is 0.416 e. The molecule has 11 heteroatoms. The van der Waals surface area contributed by atoms with E-state index in [1.54, 1.807) is 42.7 Å². The molecule has 0 saturated carbocycles. The number of halogens is 4. The van der Waals surface area contributed by atoms with Crippen LogP contribution in [0.2, 0.25) is 0 Å². The molecular formula is C32H31F4N3O4. The molecule has 1 fully saturated rings. The molecule has 2 aliphatic heterocycles. The van der Waals surface area contributed by atoms with Gasteiger partial charge in [-0.25, -0.2) is 9.18 Å². The number of rotatable bonds is 7. The third kappa shape index (κ3) is 5.44. The van der Waals surface area contributed by atoms with Gasteiger partial charge >= 0.3 is 11.9 Å². The maximum atomic E-state index is 14.8. The number of alkyl halides is 3. The maximum Gasteiger partial charge on any atom is 0.416 e. The lowest BCUT2D eigenvalue weighted by Crippen LogP contribution is -2.30. The van der Waals surface area contributed by atoms with Gasteiger partial charge in [0, 0.05) is 26.9 Å². The Morgan fingerprint density at radius 3 is 2.53 bits per heavy atom. The van der Waals surface area contributed by atoms with Gasteiger partial charge < -0.3 is 19.1 Å². The van der Waals surface area contributed by atoms with Crippen LogP contribution in [0.1, 0.15) is 43.0 Å². The molecule has 0 aliphatic carbocycles. The molecule has 43 heavy (non-hydrogen) atoms. The second kappa shape index (κ2) is 10.7. The number of benzene rings is 3. The van der Waals surface area contributed by atoms with E-state index in [0.29, 0.717) is 47.7 Å². The van der Waals surface area contributed by atoms with Gasteiger partial charge in [-0.2, -0.15) is 13.2 Å². The van der Waals surface area contributed by atoms with Crippen LogP contribution in [-0.2, 0) is 22.2 Å². The lowest BCUT2D eigenvalue weighted by molar-refractivity contribution is -0.138. The molecule has 2 aliphatic rings. The van der Waals surface area contributed by atoms with Crippen molar-refractivity contribution < 1.29 is 31.8 Å². The monoisotopic (exact) mass is 597 g/mol. The van der Waals surface area contributed by atoms with Gasteiger partial charge in [-0.3, -0.25) is 9.13 Å². The molecule has 0 amide bonds. The van der Waals surface area contributed by atoms with Gasteiger partial charge in [0.05, 0.1) is 29.4 Å². The summed E-state index contributed by atoms with van der Waals surface area (Å²) in [6.07, 6.45) is -2.60. The molecule has 1 atom stereocenters. The van der Waals surface area contributed by atoms with Crippen LogP contribution < -0.4 is 15.3 Å². The fourth-order valence-electron chi connectivity index (χ4n) is 5.99. The summed E-state index contributed by atoms with van der Waals surface area (Å²) in [5.74, 6) is -0.440. The van der Waals surface area contributed by atoms with Crippen molar-refractivity contribution in [2.45, 2.75) is 51.7 Å². The largest absolute Gasteiger partial charge is 0.483 e. The third-order valence-corrected chi connectivity index (χ3v) is 7.85. The zero-order valence-corrected chi connectivity index (χ0v) is 24.0. The van der Waals surface area contributed by atoms with E-state index in [-0.39, 0.29) is 30.6 Å². The zero-order valence-electron chi connectivity index (χ0n) is 24.0. The molecule has 1 saturated heterocycles. The van der Waals surface area contributed by atoms with Gasteiger partial charge in [-0.05, 0) is 48.7 Å². The van der Waals surface area contributed by atoms with Crippen LogP contribution in [0.3, 0.4) is 0 Å². The molecule has 0 unspecified atom stereocenters. The fraction of sp³-hybridized carbons (Fsp3) is 0.344. The Morgan fingerprint density at radius 1 is 1.05 bits per heavy atom. The summed E-state index contributed by atoms with van der Waals surface area (Å²) >= 11 is 0. The predicted molar refractivity (Wildman–Crippen MR) is 154 cm³/mol. The molecule has 0 spiro atoms. The Kier molecular flexibility index (Phi) is 7.14. The quantitative estimate of drug-likeness (QED) is 0.220. The molecule has 0 bridgehead atoms. The number of fused-ring (bicyclic) bond motifs is 1. The Labute approximate surface area is 245 Å². The van der Waals surface area contributed by atoms with Gasteiger partial charge in [-0.15, -0.1) is 0 Å². The summed E-state index contributed by atoms with van der Waals surface area (Å²) in [7, 11) is 0. The SMILES string of the molecule is Cc1cccc(F)c1N1CC[C@@H](n2c(=O)n(Cc3ccccc3C(F)(F)F)c3c(OCC4=COC(C)(C)O4)cccc32)C1. The van der Waals surface area contributed by atoms with Gasteiger partial charge in [0.2, 0.25) is 5.79 Å². The van der Waals surface area contributed by atoms with E-state index in [4.69, 9.17) is 14.2 Å². The average Bonchev–Trinajstić information content (AvgIpc) is 3.63. The summed E-state index contributed by atoms with van der Waals surface area (Å²) in [6, 6.07) is 14.9. The summed E-state index contributed by atoms with van der Waals surface area (Å²) in [4.78, 5) is 16.1. The van der Waals surface area contributed by atoms with Gasteiger partial charge in [0.1, 0.15) is 30.0 Å². The Bertz CT molecular complexity index is 1750. The number of hydrogen-bond donors (Lipinski definition) is 0. The van der Waals surface area contributed by atoms with E-state index in [0.717, 1.165) is 11.6 Å². The molecule has 7 nitrogen and oxygen atoms in total. The fourth-order valence-corrected chi connectivity index (χ4v) is 5.99. The molecular weight excluding hydrogens is 566 g/mol. The summed E-state index contributed by atoms with van der Waals surface area (Å²) in [5, 5.41) is 0. The molecule has 0 radical (unpaired) electrons. The van der Waals surface area contributed by atoms with E-state index in [1.165, 1.54) is 35.1 Å². The number of imidazole rings is 1. The number of hydrogen-bond acceptors (Lipinski definition) is 5. The van der Waals surface area contributed by atoms with E-state index in [2.05, 4.69) is 0 Å². The Hall–Kier alpha value is -4.41. The summed E-state index contributed by atoms with van der Waals surface area (Å²) in [6.45, 7) is 5.88. The van der Waals surface area contributed by atoms with E-state index in [1.807, 2.05) is 17.9 Å². The van der Waals surface area contributed by atoms with Crippen LogP contribution in [-0.4, -0.2) is 34.6 Å². The minimum atomic E-state index is -4.60. The second-order valence-corrected chi connectivity index (χ2v) is 11.3. The molecule has 3 aromatic carbocycles. The van der Waals surface area contributed by atoms with Gasteiger partial charge in [0.25, 0.3) is 0 Å². The predicted octanol–water partition coefficient (Wildman–Crippen LogP) is 6.77. The normalized spacial score (nSPS) is 18.1. The van der Waals surface area contributed by atoms with E-state index >= 15 is 0 Å². The van der Waals surface area contributed by atoms with Crippen molar-refractivity contribution in [3.63, 3.8) is 0 Å². The summed E-state index contributed by atoms with van der Waals surface area (Å²) < 4.78 is 76.8. The van der Waals surface area contributed by atoms with Crippen molar-refractivity contribution in [1.82, 2.24) is 9.13 Å². The average molecular weight is 598 g/mol. The van der Waals surface area contributed by atoms with Crippen molar-refractivity contribution >= 4 is 16.7 Å². The highest BCUT2D eigenvalue weighted by Gasteiger charge is 2.35. The number of ether oxygens (including phenoxy) is 3. The van der Waals surface area contributed by atoms with Crippen LogP contribution >= 0.6 is 0 Å². The van der Waals surface area contributed by atoms with Crippen LogP contribution in [0.15, 0.2) is 77.5 Å². The maximum absolute atomic E-state index is 14.8. The molecule has 6 rings (SSSR count). The van der Waals surface area contributed by atoms with Crippen molar-refractivity contribution in [3.8, 4) is 5.75 Å². The first-order chi connectivity index (χ1) is 20.4. The number of aryl methyl sites for hydroxylation is 1. The molecule has 226 valence electrons. The highest BCUT2D eigenvalue weighted by Crippen LogP contribution is 2.36. The van der Waals surface area contributed by atoms with Crippen molar-refractivity contribution in [2.24, 2.45) is 0 Å². The van der Waals surface area contributed by atoms with Crippen LogP contribution in [0.4, 0.5) is 23.2 Å². The Morgan fingerprint density at radius 2 is 1.81 bits per heavy atom. The van der Waals surface area contributed by atoms with Crippen LogP contribution in [0.25, 0.3) is 11.0 Å². The van der Waals surface area contributed by atoms with Crippen molar-refractivity contribution in [1.29, 1.82) is 0 Å². The third-order valence-electron chi connectivity index (χ3n) is 7.85. The summed E-state index contributed by atoms with van der Waals surface area (Å²) in [5.41, 5.74) is 0.821.